The molecule has 0 bridgehead atoms. The number of anilines is 1. The Morgan fingerprint density at radius 1 is 1.08 bits per heavy atom. The number of rotatable bonds is 5. The molecule has 0 aliphatic rings. The van der Waals surface area contributed by atoms with Gasteiger partial charge >= 0.3 is 0 Å². The Morgan fingerprint density at radius 2 is 1.88 bits per heavy atom. The smallest absolute Gasteiger partial charge is 0.164 e. The van der Waals surface area contributed by atoms with Gasteiger partial charge in [0.1, 0.15) is 10.6 Å². The molecule has 26 heavy (non-hydrogen) atoms. The van der Waals surface area contributed by atoms with Crippen LogP contribution in [0.1, 0.15) is 6.92 Å². The fourth-order valence-corrected chi connectivity index (χ4v) is 3.72. The summed E-state index contributed by atoms with van der Waals surface area (Å²) in [6, 6.07) is 14.0. The van der Waals surface area contributed by atoms with Gasteiger partial charge in [0.05, 0.1) is 11.5 Å². The van der Waals surface area contributed by atoms with Crippen molar-refractivity contribution < 1.29 is 5.11 Å². The maximum atomic E-state index is 9.70. The Labute approximate surface area is 155 Å². The molecule has 0 aliphatic carbocycles. The quantitative estimate of drug-likeness (QED) is 0.556. The molecular weight excluding hydrogens is 344 g/mol. The normalized spacial score (nSPS) is 12.2. The predicted octanol–water partition coefficient (Wildman–Crippen LogP) is 4.21. The van der Waals surface area contributed by atoms with Crippen LogP contribution in [0.25, 0.3) is 32.7 Å². The van der Waals surface area contributed by atoms with Gasteiger partial charge in [-0.2, -0.15) is 0 Å². The molecule has 1 atom stereocenters. The van der Waals surface area contributed by atoms with E-state index >= 15 is 0 Å². The summed E-state index contributed by atoms with van der Waals surface area (Å²) in [6.45, 7) is 2.17. The molecule has 6 heteroatoms. The molecule has 4 aromatic rings. The number of thiophene rings is 1. The average molecular weight is 362 g/mol. The summed E-state index contributed by atoms with van der Waals surface area (Å²) < 4.78 is 0. The van der Waals surface area contributed by atoms with Crippen molar-refractivity contribution in [3.8, 4) is 22.5 Å². The van der Waals surface area contributed by atoms with Crippen LogP contribution in [0.4, 0.5) is 5.82 Å². The Bertz CT molecular complexity index is 1020. The molecule has 3 heterocycles. The van der Waals surface area contributed by atoms with Crippen LogP contribution in [-0.2, 0) is 0 Å². The van der Waals surface area contributed by atoms with E-state index in [9.17, 15) is 5.11 Å². The maximum absolute atomic E-state index is 9.70. The lowest BCUT2D eigenvalue weighted by molar-refractivity contribution is 0.208. The van der Waals surface area contributed by atoms with Crippen molar-refractivity contribution in [2.24, 2.45) is 0 Å². The molecule has 3 aromatic heterocycles. The average Bonchev–Trinajstić information content (AvgIpc) is 3.11. The fourth-order valence-electron chi connectivity index (χ4n) is 2.77. The van der Waals surface area contributed by atoms with E-state index in [2.05, 4.69) is 27.8 Å². The number of hydrogen-bond acceptors (Lipinski definition) is 6. The third kappa shape index (κ3) is 3.29. The Balaban J connectivity index is 1.89. The van der Waals surface area contributed by atoms with Crippen molar-refractivity contribution in [3.05, 3.63) is 60.2 Å². The van der Waals surface area contributed by atoms with Gasteiger partial charge in [-0.3, -0.25) is 4.98 Å². The first-order chi connectivity index (χ1) is 12.7. The van der Waals surface area contributed by atoms with Gasteiger partial charge in [-0.05, 0) is 24.6 Å². The molecule has 0 spiro atoms. The van der Waals surface area contributed by atoms with E-state index in [1.54, 1.807) is 30.7 Å². The van der Waals surface area contributed by atoms with Crippen LogP contribution in [0.15, 0.2) is 60.2 Å². The van der Waals surface area contributed by atoms with E-state index in [-0.39, 0.29) is 0 Å². The van der Waals surface area contributed by atoms with E-state index in [0.717, 1.165) is 32.7 Å². The molecular formula is C20H18N4OS. The monoisotopic (exact) mass is 362 g/mol. The number of nitrogens with one attached hydrogen (secondary N) is 1. The lowest BCUT2D eigenvalue weighted by Crippen LogP contribution is -2.16. The second-order valence-corrected chi connectivity index (χ2v) is 6.92. The zero-order chi connectivity index (χ0) is 17.9. The van der Waals surface area contributed by atoms with Gasteiger partial charge in [0.2, 0.25) is 0 Å². The molecule has 0 saturated heterocycles. The summed E-state index contributed by atoms with van der Waals surface area (Å²) in [7, 11) is 0. The molecule has 0 saturated carbocycles. The fraction of sp³-hybridized carbons (Fsp3) is 0.150. The van der Waals surface area contributed by atoms with Crippen molar-refractivity contribution in [2.45, 2.75) is 13.0 Å². The minimum Gasteiger partial charge on any atom is -0.392 e. The molecule has 1 unspecified atom stereocenters. The lowest BCUT2D eigenvalue weighted by atomic mass is 10.1. The number of aliphatic hydroxyl groups excluding tert-OH is 1. The van der Waals surface area contributed by atoms with Crippen LogP contribution in [0.5, 0.6) is 0 Å². The van der Waals surface area contributed by atoms with Crippen LogP contribution >= 0.6 is 11.3 Å². The van der Waals surface area contributed by atoms with Gasteiger partial charge in [0.15, 0.2) is 5.82 Å². The summed E-state index contributed by atoms with van der Waals surface area (Å²) in [5, 5.41) is 16.1. The minimum absolute atomic E-state index is 0.419. The molecule has 0 radical (unpaired) electrons. The second kappa shape index (κ2) is 7.19. The summed E-state index contributed by atoms with van der Waals surface area (Å²) >= 11 is 1.59. The molecule has 0 amide bonds. The van der Waals surface area contributed by atoms with Crippen LogP contribution in [0.2, 0.25) is 0 Å². The van der Waals surface area contributed by atoms with Crippen LogP contribution in [0.3, 0.4) is 0 Å². The van der Waals surface area contributed by atoms with Gasteiger partial charge in [0.25, 0.3) is 0 Å². The Kier molecular flexibility index (Phi) is 4.60. The number of aromatic nitrogens is 3. The van der Waals surface area contributed by atoms with Gasteiger partial charge in [-0.15, -0.1) is 11.3 Å². The van der Waals surface area contributed by atoms with Crippen molar-refractivity contribution in [1.82, 2.24) is 15.0 Å². The molecule has 2 N–H and O–H groups in total. The number of nitrogens with zero attached hydrogens (tertiary/aromatic N) is 3. The third-order valence-electron chi connectivity index (χ3n) is 4.00. The van der Waals surface area contributed by atoms with Crippen LogP contribution in [-0.4, -0.2) is 32.7 Å². The Hall–Kier alpha value is -2.83. The number of hydrogen-bond donors (Lipinski definition) is 2. The van der Waals surface area contributed by atoms with Crippen molar-refractivity contribution >= 4 is 27.4 Å². The highest BCUT2D eigenvalue weighted by molar-refractivity contribution is 7.17. The van der Waals surface area contributed by atoms with Gasteiger partial charge < -0.3 is 10.4 Å². The number of pyridine rings is 1. The number of benzene rings is 1. The van der Waals surface area contributed by atoms with Crippen molar-refractivity contribution in [3.63, 3.8) is 0 Å². The molecule has 1 aromatic carbocycles. The third-order valence-corrected chi connectivity index (χ3v) is 4.88. The summed E-state index contributed by atoms with van der Waals surface area (Å²) in [5.41, 5.74) is 3.08. The summed E-state index contributed by atoms with van der Waals surface area (Å²) in [5.74, 6) is 1.36. The predicted molar refractivity (Wildman–Crippen MR) is 106 cm³/mol. The minimum atomic E-state index is -0.472. The van der Waals surface area contributed by atoms with E-state index < -0.39 is 6.10 Å². The SMILES string of the molecule is CC(O)CNc1nc(-c2cccnc2)nc2scc(-c3ccccc3)c12. The van der Waals surface area contributed by atoms with E-state index in [1.807, 2.05) is 30.3 Å². The Morgan fingerprint density at radius 3 is 2.62 bits per heavy atom. The summed E-state index contributed by atoms with van der Waals surface area (Å²) in [6.07, 6.45) is 3.01. The topological polar surface area (TPSA) is 70.9 Å². The zero-order valence-corrected chi connectivity index (χ0v) is 15.1. The molecule has 0 aliphatic heterocycles. The standard InChI is InChI=1S/C20H18N4OS/c1-13(25)10-22-19-17-16(14-6-3-2-4-7-14)12-26-20(17)24-18(23-19)15-8-5-9-21-11-15/h2-9,11-13,25H,10H2,1H3,(H,22,23,24). The van der Waals surface area contributed by atoms with Gasteiger partial charge in [-0.1, -0.05) is 30.3 Å². The molecule has 4 rings (SSSR count). The van der Waals surface area contributed by atoms with Crippen molar-refractivity contribution in [1.29, 1.82) is 0 Å². The van der Waals surface area contributed by atoms with Crippen LogP contribution < -0.4 is 5.32 Å². The van der Waals surface area contributed by atoms with Gasteiger partial charge in [0, 0.05) is 35.4 Å². The van der Waals surface area contributed by atoms with E-state index in [4.69, 9.17) is 9.97 Å². The highest BCUT2D eigenvalue weighted by atomic mass is 32.1. The molecule has 5 nitrogen and oxygen atoms in total. The number of fused-ring (bicyclic) bond motifs is 1. The maximum Gasteiger partial charge on any atom is 0.164 e. The molecule has 130 valence electrons. The first-order valence-electron chi connectivity index (χ1n) is 8.39. The lowest BCUT2D eigenvalue weighted by Gasteiger charge is -2.12. The zero-order valence-electron chi connectivity index (χ0n) is 14.3. The first-order valence-corrected chi connectivity index (χ1v) is 9.27. The number of aliphatic hydroxyl groups is 1. The van der Waals surface area contributed by atoms with Gasteiger partial charge in [-0.25, -0.2) is 9.97 Å². The van der Waals surface area contributed by atoms with E-state index in [1.165, 1.54) is 0 Å². The van der Waals surface area contributed by atoms with Crippen molar-refractivity contribution in [2.75, 3.05) is 11.9 Å². The molecule has 0 fully saturated rings. The van der Waals surface area contributed by atoms with Crippen LogP contribution in [0, 0.1) is 0 Å². The highest BCUT2D eigenvalue weighted by Crippen LogP contribution is 2.38. The largest absolute Gasteiger partial charge is 0.392 e. The van der Waals surface area contributed by atoms with E-state index in [0.29, 0.717) is 12.4 Å². The summed E-state index contributed by atoms with van der Waals surface area (Å²) in [4.78, 5) is 14.5. The second-order valence-electron chi connectivity index (χ2n) is 6.06. The first kappa shape index (κ1) is 16.6. The highest BCUT2D eigenvalue weighted by Gasteiger charge is 2.16.